The van der Waals surface area contributed by atoms with Gasteiger partial charge in [-0.3, -0.25) is 4.79 Å². The summed E-state index contributed by atoms with van der Waals surface area (Å²) < 4.78 is 14.7. The van der Waals surface area contributed by atoms with E-state index in [0.717, 1.165) is 22.1 Å². The minimum absolute atomic E-state index is 0.0470. The number of aromatic nitrogens is 4. The average molecular weight is 395 g/mol. The summed E-state index contributed by atoms with van der Waals surface area (Å²) in [5.74, 6) is 0.536. The molecule has 0 bridgehead atoms. The third-order valence-corrected chi connectivity index (χ3v) is 5.25. The SMILES string of the molecule is Cc1nc2c3ccccc3nc(SCC(=O)N(C)Cc3ccc(F)cc3)n2n1. The van der Waals surface area contributed by atoms with E-state index in [1.807, 2.05) is 31.2 Å². The highest BCUT2D eigenvalue weighted by Gasteiger charge is 2.15. The molecule has 0 atom stereocenters. The Labute approximate surface area is 165 Å². The summed E-state index contributed by atoms with van der Waals surface area (Å²) in [5, 5.41) is 5.97. The zero-order valence-corrected chi connectivity index (χ0v) is 16.3. The van der Waals surface area contributed by atoms with Gasteiger partial charge in [0, 0.05) is 19.0 Å². The van der Waals surface area contributed by atoms with Gasteiger partial charge < -0.3 is 4.90 Å². The molecule has 0 aliphatic carbocycles. The van der Waals surface area contributed by atoms with Crippen molar-refractivity contribution < 1.29 is 9.18 Å². The van der Waals surface area contributed by atoms with Crippen LogP contribution in [-0.2, 0) is 11.3 Å². The second-order valence-electron chi connectivity index (χ2n) is 6.47. The first-order chi connectivity index (χ1) is 13.5. The quantitative estimate of drug-likeness (QED) is 0.382. The zero-order valence-electron chi connectivity index (χ0n) is 15.5. The Balaban J connectivity index is 1.52. The van der Waals surface area contributed by atoms with E-state index in [2.05, 4.69) is 15.1 Å². The number of para-hydroxylation sites is 1. The monoisotopic (exact) mass is 395 g/mol. The number of rotatable bonds is 5. The Bertz CT molecular complexity index is 1160. The second-order valence-corrected chi connectivity index (χ2v) is 7.41. The topological polar surface area (TPSA) is 63.4 Å². The van der Waals surface area contributed by atoms with Crippen LogP contribution >= 0.6 is 11.8 Å². The zero-order chi connectivity index (χ0) is 19.7. The van der Waals surface area contributed by atoms with Crippen LogP contribution < -0.4 is 0 Å². The number of carbonyl (C=O) groups excluding carboxylic acids is 1. The Kier molecular flexibility index (Phi) is 4.95. The Morgan fingerprint density at radius 1 is 1.14 bits per heavy atom. The number of benzene rings is 2. The fourth-order valence-corrected chi connectivity index (χ4v) is 3.80. The first kappa shape index (κ1) is 18.4. The summed E-state index contributed by atoms with van der Waals surface area (Å²) in [5.41, 5.74) is 2.43. The van der Waals surface area contributed by atoms with E-state index in [1.54, 1.807) is 28.6 Å². The number of fused-ring (bicyclic) bond motifs is 3. The van der Waals surface area contributed by atoms with Crippen LogP contribution in [0.2, 0.25) is 0 Å². The van der Waals surface area contributed by atoms with Gasteiger partial charge in [0.05, 0.1) is 11.3 Å². The first-order valence-corrected chi connectivity index (χ1v) is 9.73. The van der Waals surface area contributed by atoms with Gasteiger partial charge in [0.1, 0.15) is 11.6 Å². The van der Waals surface area contributed by atoms with Gasteiger partial charge in [-0.1, -0.05) is 36.0 Å². The van der Waals surface area contributed by atoms with Crippen molar-refractivity contribution in [1.82, 2.24) is 24.5 Å². The van der Waals surface area contributed by atoms with Gasteiger partial charge in [-0.25, -0.2) is 14.4 Å². The average Bonchev–Trinajstić information content (AvgIpc) is 3.09. The fraction of sp³-hybridized carbons (Fsp3) is 0.200. The fourth-order valence-electron chi connectivity index (χ4n) is 2.92. The van der Waals surface area contributed by atoms with Crippen LogP contribution in [0.25, 0.3) is 16.6 Å². The number of halogens is 1. The Morgan fingerprint density at radius 3 is 2.68 bits per heavy atom. The van der Waals surface area contributed by atoms with Crippen LogP contribution in [0.3, 0.4) is 0 Å². The largest absolute Gasteiger partial charge is 0.341 e. The van der Waals surface area contributed by atoms with Crippen LogP contribution in [-0.4, -0.2) is 43.2 Å². The molecule has 0 N–H and O–H groups in total. The molecule has 142 valence electrons. The normalized spacial score (nSPS) is 11.2. The smallest absolute Gasteiger partial charge is 0.233 e. The van der Waals surface area contributed by atoms with Gasteiger partial charge in [-0.2, -0.15) is 4.52 Å². The Morgan fingerprint density at radius 2 is 1.89 bits per heavy atom. The van der Waals surface area contributed by atoms with Gasteiger partial charge in [-0.05, 0) is 36.8 Å². The van der Waals surface area contributed by atoms with Crippen molar-refractivity contribution >= 4 is 34.2 Å². The Hall–Kier alpha value is -3.00. The molecular formula is C20H18FN5OS. The minimum Gasteiger partial charge on any atom is -0.341 e. The van der Waals surface area contributed by atoms with Crippen LogP contribution in [0.15, 0.2) is 53.7 Å². The minimum atomic E-state index is -0.289. The summed E-state index contributed by atoms with van der Waals surface area (Å²) in [6.07, 6.45) is 0. The standard InChI is InChI=1S/C20H18FN5OS/c1-13-22-19-16-5-3-4-6-17(16)23-20(26(19)24-13)28-12-18(27)25(2)11-14-7-9-15(21)10-8-14/h3-10H,11-12H2,1-2H3. The lowest BCUT2D eigenvalue weighted by Gasteiger charge is -2.17. The van der Waals surface area contributed by atoms with Crippen molar-refractivity contribution in [1.29, 1.82) is 0 Å². The van der Waals surface area contributed by atoms with Crippen molar-refractivity contribution in [2.75, 3.05) is 12.8 Å². The molecule has 4 rings (SSSR count). The maximum atomic E-state index is 13.0. The van der Waals surface area contributed by atoms with Crippen molar-refractivity contribution in [3.05, 3.63) is 65.7 Å². The molecule has 28 heavy (non-hydrogen) atoms. The maximum absolute atomic E-state index is 13.0. The molecule has 6 nitrogen and oxygen atoms in total. The predicted octanol–water partition coefficient (Wildman–Crippen LogP) is 3.48. The van der Waals surface area contributed by atoms with Crippen LogP contribution in [0.5, 0.6) is 0 Å². The highest BCUT2D eigenvalue weighted by molar-refractivity contribution is 7.99. The molecule has 2 aromatic heterocycles. The van der Waals surface area contributed by atoms with Crippen molar-refractivity contribution in [2.24, 2.45) is 0 Å². The summed E-state index contributed by atoms with van der Waals surface area (Å²) in [4.78, 5) is 23.3. The van der Waals surface area contributed by atoms with Gasteiger partial charge >= 0.3 is 0 Å². The number of hydrogen-bond donors (Lipinski definition) is 0. The number of thioether (sulfide) groups is 1. The molecule has 1 amide bonds. The highest BCUT2D eigenvalue weighted by atomic mass is 32.2. The lowest BCUT2D eigenvalue weighted by Crippen LogP contribution is -2.27. The van der Waals surface area contributed by atoms with E-state index >= 15 is 0 Å². The van der Waals surface area contributed by atoms with Gasteiger partial charge in [-0.15, -0.1) is 5.10 Å². The van der Waals surface area contributed by atoms with E-state index in [4.69, 9.17) is 0 Å². The van der Waals surface area contributed by atoms with Crippen LogP contribution in [0, 0.1) is 12.7 Å². The summed E-state index contributed by atoms with van der Waals surface area (Å²) in [6, 6.07) is 13.9. The molecule has 0 aliphatic rings. The van der Waals surface area contributed by atoms with E-state index in [1.165, 1.54) is 23.9 Å². The molecule has 4 aromatic rings. The van der Waals surface area contributed by atoms with E-state index in [-0.39, 0.29) is 17.5 Å². The third kappa shape index (κ3) is 3.68. The number of aryl methyl sites for hydroxylation is 1. The summed E-state index contributed by atoms with van der Waals surface area (Å²) in [6.45, 7) is 2.25. The van der Waals surface area contributed by atoms with Crippen molar-refractivity contribution in [3.63, 3.8) is 0 Å². The molecule has 0 spiro atoms. The van der Waals surface area contributed by atoms with Gasteiger partial charge in [0.2, 0.25) is 5.91 Å². The number of amides is 1. The lowest BCUT2D eigenvalue weighted by molar-refractivity contribution is -0.127. The molecule has 0 radical (unpaired) electrons. The second kappa shape index (κ2) is 7.55. The number of hydrogen-bond acceptors (Lipinski definition) is 5. The molecule has 2 heterocycles. The third-order valence-electron chi connectivity index (χ3n) is 4.34. The highest BCUT2D eigenvalue weighted by Crippen LogP contribution is 2.24. The summed E-state index contributed by atoms with van der Waals surface area (Å²) in [7, 11) is 1.73. The maximum Gasteiger partial charge on any atom is 0.233 e. The molecule has 0 unspecified atom stereocenters. The molecule has 0 saturated carbocycles. The van der Waals surface area contributed by atoms with E-state index in [0.29, 0.717) is 17.5 Å². The van der Waals surface area contributed by atoms with Gasteiger partial charge in [0.15, 0.2) is 10.8 Å². The molecule has 0 saturated heterocycles. The molecule has 0 aliphatic heterocycles. The summed E-state index contributed by atoms with van der Waals surface area (Å²) >= 11 is 1.33. The van der Waals surface area contributed by atoms with E-state index in [9.17, 15) is 9.18 Å². The number of carbonyl (C=O) groups is 1. The van der Waals surface area contributed by atoms with Crippen molar-refractivity contribution in [2.45, 2.75) is 18.6 Å². The van der Waals surface area contributed by atoms with Crippen LogP contribution in [0.1, 0.15) is 11.4 Å². The van der Waals surface area contributed by atoms with Crippen molar-refractivity contribution in [3.8, 4) is 0 Å². The molecule has 0 fully saturated rings. The first-order valence-electron chi connectivity index (χ1n) is 8.74. The van der Waals surface area contributed by atoms with Gasteiger partial charge in [0.25, 0.3) is 0 Å². The number of nitrogens with zero attached hydrogens (tertiary/aromatic N) is 5. The van der Waals surface area contributed by atoms with E-state index < -0.39 is 0 Å². The molecular weight excluding hydrogens is 377 g/mol. The molecule has 2 aromatic carbocycles. The molecule has 8 heteroatoms. The predicted molar refractivity (Wildman–Crippen MR) is 107 cm³/mol. The lowest BCUT2D eigenvalue weighted by atomic mass is 10.2. The van der Waals surface area contributed by atoms with Crippen LogP contribution in [0.4, 0.5) is 4.39 Å².